The smallest absolute Gasteiger partial charge is 0.407 e. The summed E-state index contributed by atoms with van der Waals surface area (Å²) in [7, 11) is 5.80. The van der Waals surface area contributed by atoms with E-state index in [9.17, 15) is 19.2 Å². The first-order valence-corrected chi connectivity index (χ1v) is 20.4. The van der Waals surface area contributed by atoms with Gasteiger partial charge in [0.1, 0.15) is 46.3 Å². The van der Waals surface area contributed by atoms with Crippen LogP contribution in [0.5, 0.6) is 11.5 Å². The number of nitrogens with one attached hydrogen (secondary N) is 4. The first-order chi connectivity index (χ1) is 28.8. The fraction of sp³-hybridized carbons (Fsp3) is 0.455. The average Bonchev–Trinajstić information content (AvgIpc) is 4.09. The van der Waals surface area contributed by atoms with Crippen LogP contribution in [-0.4, -0.2) is 107 Å². The summed E-state index contributed by atoms with van der Waals surface area (Å²) in [6.07, 6.45) is 1.79. The van der Waals surface area contributed by atoms with Crippen molar-refractivity contribution in [2.45, 2.75) is 77.5 Å². The highest BCUT2D eigenvalue weighted by molar-refractivity contribution is 5.91. The van der Waals surface area contributed by atoms with E-state index in [1.807, 2.05) is 52.0 Å². The molecular weight excluding hydrogens is 769 g/mol. The van der Waals surface area contributed by atoms with Crippen LogP contribution in [0.4, 0.5) is 9.59 Å². The van der Waals surface area contributed by atoms with E-state index in [2.05, 4.69) is 44.9 Å². The minimum atomic E-state index is -0.728. The van der Waals surface area contributed by atoms with Crippen LogP contribution in [0, 0.1) is 11.8 Å². The molecule has 7 rings (SSSR count). The molecule has 2 aliphatic heterocycles. The number of amides is 4. The zero-order chi connectivity index (χ0) is 42.8. The Labute approximate surface area is 348 Å². The van der Waals surface area contributed by atoms with Crippen molar-refractivity contribution in [2.75, 3.05) is 41.5 Å². The standard InChI is InChI=1S/C44H54N8O8/c1-23(2)35(49-43(55)59-7)41(53)51-17-9-11-31(51)39-45-29-19-27(21-33(57-5)37(29)47-39)25-13-15-26(16-14-25)28-20-30-38(34(22-28)58-6)48-40(46-30)32-12-10-18-52(32)42(54)36(24(3)4)50-44(56)60-8/h13-16,19-24,31-32,35-36H,9-12,17-18H2,1-8H3,(H,45,47)(H,46,48)(H,49,55)(H,50,56)/t31-,32-,35-,36-/m0/s1. The molecule has 2 fully saturated rings. The van der Waals surface area contributed by atoms with Crippen molar-refractivity contribution in [3.05, 3.63) is 60.2 Å². The van der Waals surface area contributed by atoms with E-state index in [-0.39, 0.29) is 35.7 Å². The number of benzene rings is 3. The van der Waals surface area contributed by atoms with Crippen molar-refractivity contribution < 1.29 is 38.1 Å². The highest BCUT2D eigenvalue weighted by Gasteiger charge is 2.39. The van der Waals surface area contributed by atoms with Crippen molar-refractivity contribution in [1.29, 1.82) is 0 Å². The molecule has 2 aliphatic rings. The fourth-order valence-corrected chi connectivity index (χ4v) is 8.41. The van der Waals surface area contributed by atoms with Crippen LogP contribution in [0.1, 0.15) is 77.1 Å². The zero-order valence-corrected chi connectivity index (χ0v) is 35.4. The first kappa shape index (κ1) is 41.8. The van der Waals surface area contributed by atoms with E-state index in [0.29, 0.717) is 47.3 Å². The van der Waals surface area contributed by atoms with Gasteiger partial charge in [-0.15, -0.1) is 0 Å². The molecule has 3 aromatic carbocycles. The Morgan fingerprint density at radius 3 is 1.33 bits per heavy atom. The second-order valence-electron chi connectivity index (χ2n) is 16.1. The number of carbonyl (C=O) groups excluding carboxylic acids is 4. The Morgan fingerprint density at radius 1 is 0.617 bits per heavy atom. The number of ether oxygens (including phenoxy) is 4. The van der Waals surface area contributed by atoms with Crippen molar-refractivity contribution >= 4 is 46.1 Å². The molecule has 2 saturated heterocycles. The molecule has 0 spiro atoms. The van der Waals surface area contributed by atoms with Gasteiger partial charge in [-0.3, -0.25) is 9.59 Å². The van der Waals surface area contributed by atoms with Gasteiger partial charge in [-0.05, 0) is 84.0 Å². The minimum absolute atomic E-state index is 0.139. The highest BCUT2D eigenvalue weighted by atomic mass is 16.5. The summed E-state index contributed by atoms with van der Waals surface area (Å²) in [6, 6.07) is 14.2. The van der Waals surface area contributed by atoms with Crippen LogP contribution in [0.2, 0.25) is 0 Å². The molecule has 16 nitrogen and oxygen atoms in total. The molecular formula is C44H54N8O8. The molecule has 4 heterocycles. The third-order valence-corrected chi connectivity index (χ3v) is 11.6. The maximum atomic E-state index is 13.7. The van der Waals surface area contributed by atoms with Gasteiger partial charge in [0.15, 0.2) is 0 Å². The minimum Gasteiger partial charge on any atom is -0.494 e. The Morgan fingerprint density at radius 2 is 1.00 bits per heavy atom. The lowest BCUT2D eigenvalue weighted by Crippen LogP contribution is -2.51. The van der Waals surface area contributed by atoms with Crippen LogP contribution in [0.3, 0.4) is 0 Å². The van der Waals surface area contributed by atoms with Gasteiger partial charge in [0.2, 0.25) is 11.8 Å². The number of hydrogen-bond donors (Lipinski definition) is 4. The highest BCUT2D eigenvalue weighted by Crippen LogP contribution is 2.39. The number of aromatic amines is 2. The number of alkyl carbamates (subject to hydrolysis) is 2. The lowest BCUT2D eigenvalue weighted by atomic mass is 9.99. The molecule has 0 saturated carbocycles. The third kappa shape index (κ3) is 8.14. The summed E-state index contributed by atoms with van der Waals surface area (Å²) in [5.74, 6) is 1.91. The normalized spacial score (nSPS) is 17.6. The molecule has 2 aromatic heterocycles. The summed E-state index contributed by atoms with van der Waals surface area (Å²) in [5, 5.41) is 5.41. The summed E-state index contributed by atoms with van der Waals surface area (Å²) in [5.41, 5.74) is 6.67. The molecule has 60 heavy (non-hydrogen) atoms. The van der Waals surface area contributed by atoms with E-state index in [0.717, 1.165) is 59.0 Å². The van der Waals surface area contributed by atoms with Crippen molar-refractivity contribution in [2.24, 2.45) is 11.8 Å². The van der Waals surface area contributed by atoms with Crippen LogP contribution < -0.4 is 20.1 Å². The van der Waals surface area contributed by atoms with Crippen LogP contribution in [0.25, 0.3) is 44.3 Å². The Hall–Kier alpha value is -6.32. The quantitative estimate of drug-likeness (QED) is 0.103. The van der Waals surface area contributed by atoms with Gasteiger partial charge in [-0.1, -0.05) is 52.0 Å². The van der Waals surface area contributed by atoms with E-state index < -0.39 is 24.3 Å². The monoisotopic (exact) mass is 822 g/mol. The number of likely N-dealkylation sites (tertiary alicyclic amines) is 2. The number of nitrogens with zero attached hydrogens (tertiary/aromatic N) is 4. The number of aromatic nitrogens is 4. The molecule has 0 bridgehead atoms. The summed E-state index contributed by atoms with van der Waals surface area (Å²) in [6.45, 7) is 8.67. The fourth-order valence-electron chi connectivity index (χ4n) is 8.41. The average molecular weight is 823 g/mol. The Balaban J connectivity index is 1.13. The van der Waals surface area contributed by atoms with E-state index in [4.69, 9.17) is 28.9 Å². The van der Waals surface area contributed by atoms with Gasteiger partial charge in [0.25, 0.3) is 0 Å². The van der Waals surface area contributed by atoms with Gasteiger partial charge < -0.3 is 49.3 Å². The molecule has 0 radical (unpaired) electrons. The van der Waals surface area contributed by atoms with Gasteiger partial charge in [0, 0.05) is 13.1 Å². The summed E-state index contributed by atoms with van der Waals surface area (Å²) < 4.78 is 21.2. The lowest BCUT2D eigenvalue weighted by Gasteiger charge is -2.29. The SMILES string of the molecule is COC(=O)N[C@H](C(=O)N1CCC[C@H]1c1nc2c(OC)cc(-c3ccc(-c4cc(OC)c5nc([C@@H]6CCCN6C(=O)[C@@H](NC(=O)OC)C(C)C)[nH]c5c4)cc3)cc2[nH]1)C(C)C. The predicted octanol–water partition coefficient (Wildman–Crippen LogP) is 6.88. The number of H-pyrrole nitrogens is 2. The molecule has 16 heteroatoms. The van der Waals surface area contributed by atoms with Gasteiger partial charge in [0.05, 0.1) is 51.6 Å². The number of methoxy groups -OCH3 is 4. The van der Waals surface area contributed by atoms with Crippen molar-refractivity contribution in [3.63, 3.8) is 0 Å². The zero-order valence-electron chi connectivity index (χ0n) is 35.4. The molecule has 0 unspecified atom stereocenters. The van der Waals surface area contributed by atoms with E-state index in [1.54, 1.807) is 24.0 Å². The number of hydrogen-bond acceptors (Lipinski definition) is 10. The van der Waals surface area contributed by atoms with Gasteiger partial charge in [-0.2, -0.15) is 0 Å². The summed E-state index contributed by atoms with van der Waals surface area (Å²) in [4.78, 5) is 72.0. The first-order valence-electron chi connectivity index (χ1n) is 20.4. The number of imidazole rings is 2. The van der Waals surface area contributed by atoms with Crippen molar-refractivity contribution in [1.82, 2.24) is 40.4 Å². The second kappa shape index (κ2) is 17.5. The Kier molecular flexibility index (Phi) is 12.2. The topological polar surface area (TPSA) is 193 Å². The van der Waals surface area contributed by atoms with Gasteiger partial charge in [-0.25, -0.2) is 19.6 Å². The molecule has 318 valence electrons. The molecule has 4 N–H and O–H groups in total. The summed E-state index contributed by atoms with van der Waals surface area (Å²) >= 11 is 0. The predicted molar refractivity (Wildman–Crippen MR) is 225 cm³/mol. The number of fused-ring (bicyclic) bond motifs is 2. The van der Waals surface area contributed by atoms with Crippen molar-refractivity contribution in [3.8, 4) is 33.8 Å². The number of rotatable bonds is 12. The largest absolute Gasteiger partial charge is 0.494 e. The molecule has 4 atom stereocenters. The molecule has 5 aromatic rings. The van der Waals surface area contributed by atoms with E-state index >= 15 is 0 Å². The third-order valence-electron chi connectivity index (χ3n) is 11.6. The van der Waals surface area contributed by atoms with E-state index in [1.165, 1.54) is 14.2 Å². The van der Waals surface area contributed by atoms with Crippen LogP contribution in [-0.2, 0) is 19.1 Å². The van der Waals surface area contributed by atoms with Crippen LogP contribution in [0.15, 0.2) is 48.5 Å². The Bertz CT molecular complexity index is 2220. The second-order valence-corrected chi connectivity index (χ2v) is 16.1. The number of carbonyl (C=O) groups is 4. The van der Waals surface area contributed by atoms with Crippen LogP contribution >= 0.6 is 0 Å². The lowest BCUT2D eigenvalue weighted by molar-refractivity contribution is -0.136. The molecule has 0 aliphatic carbocycles. The van der Waals surface area contributed by atoms with Gasteiger partial charge >= 0.3 is 12.2 Å². The molecule has 4 amide bonds. The maximum Gasteiger partial charge on any atom is 0.407 e. The maximum absolute atomic E-state index is 13.7.